The number of nitrogens with zero attached hydrogens (tertiary/aromatic N) is 1. The summed E-state index contributed by atoms with van der Waals surface area (Å²) in [6, 6.07) is 11.5. The van der Waals surface area contributed by atoms with Gasteiger partial charge in [-0.15, -0.1) is 0 Å². The smallest absolute Gasteiger partial charge is 0.248 e. The highest BCUT2D eigenvalue weighted by molar-refractivity contribution is 7.89. The van der Waals surface area contributed by atoms with Crippen LogP contribution in [-0.4, -0.2) is 59.2 Å². The van der Waals surface area contributed by atoms with E-state index in [4.69, 9.17) is 14.2 Å². The lowest BCUT2D eigenvalue weighted by atomic mass is 10.1. The van der Waals surface area contributed by atoms with Crippen molar-refractivity contribution in [2.75, 3.05) is 45.8 Å². The first-order valence-corrected chi connectivity index (χ1v) is 10.8. The quantitative estimate of drug-likeness (QED) is 0.675. The number of methoxy groups -OCH3 is 2. The van der Waals surface area contributed by atoms with E-state index in [1.807, 2.05) is 0 Å². The Bertz CT molecular complexity index is 1030. The maximum absolute atomic E-state index is 12.8. The van der Waals surface area contributed by atoms with E-state index in [1.54, 1.807) is 43.5 Å². The van der Waals surface area contributed by atoms with Gasteiger partial charge in [0, 0.05) is 36.5 Å². The van der Waals surface area contributed by atoms with Gasteiger partial charge in [0.15, 0.2) is 0 Å². The molecule has 1 aliphatic heterocycles. The minimum Gasteiger partial charge on any atom is -0.497 e. The first-order chi connectivity index (χ1) is 14.4. The summed E-state index contributed by atoms with van der Waals surface area (Å²) in [6.07, 6.45) is 2.97. The average molecular weight is 432 g/mol. The number of amides is 1. The third-order valence-corrected chi connectivity index (χ3v) is 6.46. The second kappa shape index (κ2) is 9.75. The van der Waals surface area contributed by atoms with Crippen LogP contribution in [0.1, 0.15) is 5.56 Å². The molecule has 0 unspecified atom stereocenters. The molecule has 1 aliphatic rings. The lowest BCUT2D eigenvalue weighted by molar-refractivity contribution is -0.111. The molecule has 1 heterocycles. The minimum absolute atomic E-state index is 0.128. The Labute approximate surface area is 176 Å². The number of benzene rings is 2. The van der Waals surface area contributed by atoms with Gasteiger partial charge in [0.05, 0.1) is 32.3 Å². The standard InChI is InChI=1S/C21H24N2O6S/c1-27-18-8-6-16(20(15-18)28-2)7-9-21(24)22-17-4-3-5-19(14-17)30(25,26)23-10-12-29-13-11-23/h3-9,14-15H,10-13H2,1-2H3,(H,22,24)/b9-7+. The molecular formula is C21H24N2O6S. The van der Waals surface area contributed by atoms with Crippen LogP contribution in [0.2, 0.25) is 0 Å². The van der Waals surface area contributed by atoms with Crippen molar-refractivity contribution in [3.63, 3.8) is 0 Å². The van der Waals surface area contributed by atoms with Crippen LogP contribution in [0.4, 0.5) is 5.69 Å². The topological polar surface area (TPSA) is 94.2 Å². The minimum atomic E-state index is -3.64. The van der Waals surface area contributed by atoms with Crippen LogP contribution in [-0.2, 0) is 19.6 Å². The maximum atomic E-state index is 12.8. The third kappa shape index (κ3) is 5.18. The van der Waals surface area contributed by atoms with Crippen molar-refractivity contribution >= 4 is 27.7 Å². The van der Waals surface area contributed by atoms with E-state index in [2.05, 4.69) is 5.32 Å². The van der Waals surface area contributed by atoms with Gasteiger partial charge in [-0.2, -0.15) is 4.31 Å². The number of anilines is 1. The van der Waals surface area contributed by atoms with Gasteiger partial charge in [-0.1, -0.05) is 6.07 Å². The number of hydrogen-bond donors (Lipinski definition) is 1. The number of rotatable bonds is 7. The molecule has 160 valence electrons. The van der Waals surface area contributed by atoms with Gasteiger partial charge in [-0.05, 0) is 36.4 Å². The highest BCUT2D eigenvalue weighted by atomic mass is 32.2. The first-order valence-electron chi connectivity index (χ1n) is 9.33. The summed E-state index contributed by atoms with van der Waals surface area (Å²) in [7, 11) is -0.541. The second-order valence-electron chi connectivity index (χ2n) is 6.47. The first kappa shape index (κ1) is 21.8. The Morgan fingerprint density at radius 3 is 2.57 bits per heavy atom. The number of nitrogens with one attached hydrogen (secondary N) is 1. The van der Waals surface area contributed by atoms with Crippen LogP contribution < -0.4 is 14.8 Å². The van der Waals surface area contributed by atoms with Crippen molar-refractivity contribution in [2.24, 2.45) is 0 Å². The fourth-order valence-corrected chi connectivity index (χ4v) is 4.43. The fourth-order valence-electron chi connectivity index (χ4n) is 2.98. The Morgan fingerprint density at radius 2 is 1.87 bits per heavy atom. The zero-order valence-corrected chi connectivity index (χ0v) is 17.6. The van der Waals surface area contributed by atoms with Crippen LogP contribution in [0.3, 0.4) is 0 Å². The summed E-state index contributed by atoms with van der Waals surface area (Å²) in [5.41, 5.74) is 1.10. The highest BCUT2D eigenvalue weighted by Gasteiger charge is 2.26. The van der Waals surface area contributed by atoms with Crippen LogP contribution in [0.15, 0.2) is 53.4 Å². The predicted octanol–water partition coefficient (Wildman–Crippen LogP) is 2.38. The molecule has 0 spiro atoms. The molecule has 2 aromatic carbocycles. The fraction of sp³-hybridized carbons (Fsp3) is 0.286. The van der Waals surface area contributed by atoms with Crippen LogP contribution in [0, 0.1) is 0 Å². The zero-order chi connectivity index (χ0) is 21.6. The highest BCUT2D eigenvalue weighted by Crippen LogP contribution is 2.26. The molecule has 9 heteroatoms. The van der Waals surface area contributed by atoms with E-state index in [1.165, 1.54) is 29.6 Å². The van der Waals surface area contributed by atoms with Crippen molar-refractivity contribution in [2.45, 2.75) is 4.90 Å². The van der Waals surface area contributed by atoms with Crippen molar-refractivity contribution in [1.82, 2.24) is 4.31 Å². The molecule has 0 saturated carbocycles. The van der Waals surface area contributed by atoms with E-state index in [9.17, 15) is 13.2 Å². The van der Waals surface area contributed by atoms with Gasteiger partial charge in [0.25, 0.3) is 0 Å². The summed E-state index contributed by atoms with van der Waals surface area (Å²) in [5, 5.41) is 2.69. The molecule has 0 atom stereocenters. The Hall–Kier alpha value is -2.88. The molecule has 3 rings (SSSR count). The van der Waals surface area contributed by atoms with E-state index < -0.39 is 15.9 Å². The molecule has 0 aromatic heterocycles. The third-order valence-electron chi connectivity index (χ3n) is 4.56. The molecule has 30 heavy (non-hydrogen) atoms. The molecule has 0 bridgehead atoms. The Kier molecular flexibility index (Phi) is 7.09. The summed E-state index contributed by atoms with van der Waals surface area (Å²) in [5.74, 6) is 0.817. The number of ether oxygens (including phenoxy) is 3. The van der Waals surface area contributed by atoms with Crippen molar-refractivity contribution in [1.29, 1.82) is 0 Å². The lowest BCUT2D eigenvalue weighted by Crippen LogP contribution is -2.40. The van der Waals surface area contributed by atoms with Gasteiger partial charge in [0.2, 0.25) is 15.9 Å². The predicted molar refractivity (Wildman–Crippen MR) is 113 cm³/mol. The lowest BCUT2D eigenvalue weighted by Gasteiger charge is -2.26. The van der Waals surface area contributed by atoms with Crippen molar-refractivity contribution in [3.8, 4) is 11.5 Å². The normalized spacial score (nSPS) is 15.1. The average Bonchev–Trinajstić information content (AvgIpc) is 2.78. The van der Waals surface area contributed by atoms with Crippen LogP contribution >= 0.6 is 0 Å². The second-order valence-corrected chi connectivity index (χ2v) is 8.41. The molecule has 0 radical (unpaired) electrons. The number of morpholine rings is 1. The molecule has 1 saturated heterocycles. The number of carbonyl (C=O) groups is 1. The van der Waals surface area contributed by atoms with Gasteiger partial charge in [0.1, 0.15) is 11.5 Å². The number of hydrogen-bond acceptors (Lipinski definition) is 6. The Balaban J connectivity index is 1.72. The van der Waals surface area contributed by atoms with E-state index in [0.717, 1.165) is 0 Å². The summed E-state index contributed by atoms with van der Waals surface area (Å²) in [4.78, 5) is 12.5. The Morgan fingerprint density at radius 1 is 1.10 bits per heavy atom. The molecular weight excluding hydrogens is 408 g/mol. The van der Waals surface area contributed by atoms with E-state index in [0.29, 0.717) is 49.1 Å². The van der Waals surface area contributed by atoms with Crippen LogP contribution in [0.25, 0.3) is 6.08 Å². The molecule has 2 aromatic rings. The zero-order valence-electron chi connectivity index (χ0n) is 16.8. The summed E-state index contributed by atoms with van der Waals surface area (Å²) >= 11 is 0. The molecule has 0 aliphatic carbocycles. The molecule has 8 nitrogen and oxygen atoms in total. The number of sulfonamides is 1. The molecule has 1 N–H and O–H groups in total. The molecule has 1 amide bonds. The largest absolute Gasteiger partial charge is 0.497 e. The number of carbonyl (C=O) groups excluding carboxylic acids is 1. The maximum Gasteiger partial charge on any atom is 0.248 e. The van der Waals surface area contributed by atoms with Crippen molar-refractivity contribution < 1.29 is 27.4 Å². The summed E-state index contributed by atoms with van der Waals surface area (Å²) in [6.45, 7) is 1.36. The summed E-state index contributed by atoms with van der Waals surface area (Å²) < 4.78 is 42.6. The van der Waals surface area contributed by atoms with Gasteiger partial charge < -0.3 is 19.5 Å². The molecule has 1 fully saturated rings. The van der Waals surface area contributed by atoms with Crippen molar-refractivity contribution in [3.05, 3.63) is 54.1 Å². The van der Waals surface area contributed by atoms with E-state index in [-0.39, 0.29) is 4.90 Å². The van der Waals surface area contributed by atoms with Gasteiger partial charge >= 0.3 is 0 Å². The monoisotopic (exact) mass is 432 g/mol. The van der Waals surface area contributed by atoms with Gasteiger partial charge in [-0.25, -0.2) is 8.42 Å². The van der Waals surface area contributed by atoms with E-state index >= 15 is 0 Å². The SMILES string of the molecule is COc1ccc(/C=C/C(=O)Nc2cccc(S(=O)(=O)N3CCOCC3)c2)c(OC)c1. The van der Waals surface area contributed by atoms with Crippen LogP contribution in [0.5, 0.6) is 11.5 Å². The van der Waals surface area contributed by atoms with Gasteiger partial charge in [-0.3, -0.25) is 4.79 Å².